The van der Waals surface area contributed by atoms with Crippen molar-refractivity contribution >= 4 is 28.4 Å². The van der Waals surface area contributed by atoms with Gasteiger partial charge in [-0.15, -0.1) is 0 Å². The summed E-state index contributed by atoms with van der Waals surface area (Å²) < 4.78 is 10.6. The lowest BCUT2D eigenvalue weighted by Gasteiger charge is -2.18. The number of nitrogens with zero attached hydrogens (tertiary/aromatic N) is 1. The van der Waals surface area contributed by atoms with E-state index in [1.165, 1.54) is 19.1 Å². The van der Waals surface area contributed by atoms with Crippen LogP contribution in [0, 0.1) is 0 Å². The molecule has 2 amide bonds. The maximum Gasteiger partial charge on any atom is 0.255 e. The Morgan fingerprint density at radius 1 is 1.07 bits per heavy atom. The van der Waals surface area contributed by atoms with Gasteiger partial charge in [0.15, 0.2) is 11.5 Å². The van der Waals surface area contributed by atoms with Crippen LogP contribution < -0.4 is 14.8 Å². The maximum atomic E-state index is 12.6. The van der Waals surface area contributed by atoms with E-state index in [1.807, 2.05) is 30.5 Å². The molecule has 0 fully saturated rings. The van der Waals surface area contributed by atoms with Crippen molar-refractivity contribution in [1.82, 2.24) is 9.88 Å². The number of aromatic amines is 1. The highest BCUT2D eigenvalue weighted by atomic mass is 16.5. The van der Waals surface area contributed by atoms with Crippen molar-refractivity contribution in [3.63, 3.8) is 0 Å². The number of amides is 2. The number of hydrogen-bond donors (Lipinski definition) is 2. The molecule has 0 aliphatic rings. The van der Waals surface area contributed by atoms with Gasteiger partial charge >= 0.3 is 0 Å². The predicted molar refractivity (Wildman–Crippen MR) is 113 cm³/mol. The van der Waals surface area contributed by atoms with Gasteiger partial charge in [-0.1, -0.05) is 18.2 Å². The summed E-state index contributed by atoms with van der Waals surface area (Å²) in [5, 5.41) is 3.96. The van der Waals surface area contributed by atoms with E-state index in [0.29, 0.717) is 29.2 Å². The Morgan fingerprint density at radius 2 is 1.76 bits per heavy atom. The molecular formula is C22H25N3O4. The van der Waals surface area contributed by atoms with E-state index in [0.717, 1.165) is 16.5 Å². The van der Waals surface area contributed by atoms with Crippen LogP contribution in [-0.4, -0.2) is 50.0 Å². The number of para-hydroxylation sites is 1. The van der Waals surface area contributed by atoms with Crippen molar-refractivity contribution in [3.8, 4) is 11.5 Å². The first kappa shape index (κ1) is 20.3. The van der Waals surface area contributed by atoms with Crippen molar-refractivity contribution in [1.29, 1.82) is 0 Å². The summed E-state index contributed by atoms with van der Waals surface area (Å²) in [6, 6.07) is 11.2. The molecule has 2 aromatic carbocycles. The first-order valence-corrected chi connectivity index (χ1v) is 9.27. The van der Waals surface area contributed by atoms with Gasteiger partial charge < -0.3 is 24.7 Å². The van der Waals surface area contributed by atoms with Crippen LogP contribution in [0.25, 0.3) is 10.9 Å². The first-order chi connectivity index (χ1) is 13.9. The molecule has 7 nitrogen and oxygen atoms in total. The fraction of sp³-hybridized carbons (Fsp3) is 0.273. The zero-order valence-corrected chi connectivity index (χ0v) is 17.0. The third-order valence-electron chi connectivity index (χ3n) is 4.73. The standard InChI is InChI=1S/C22H25N3O4/c1-25(2)22(27)16-11-19(28-3)20(29-4)12-18(16)24-21(26)10-9-14-13-23-17-8-6-5-7-15(14)17/h5-8,11-13,23H,9-10H2,1-4H3,(H,24,26). The summed E-state index contributed by atoms with van der Waals surface area (Å²) in [4.78, 5) is 29.9. The fourth-order valence-electron chi connectivity index (χ4n) is 3.20. The molecule has 0 atom stereocenters. The van der Waals surface area contributed by atoms with E-state index in [4.69, 9.17) is 9.47 Å². The third-order valence-corrected chi connectivity index (χ3v) is 4.73. The van der Waals surface area contributed by atoms with E-state index >= 15 is 0 Å². The smallest absolute Gasteiger partial charge is 0.255 e. The van der Waals surface area contributed by atoms with Crippen LogP contribution in [0.2, 0.25) is 0 Å². The predicted octanol–water partition coefficient (Wildman–Crippen LogP) is 3.46. The van der Waals surface area contributed by atoms with Crippen LogP contribution in [0.3, 0.4) is 0 Å². The monoisotopic (exact) mass is 395 g/mol. The summed E-state index contributed by atoms with van der Waals surface area (Å²) in [7, 11) is 6.32. The number of nitrogens with one attached hydrogen (secondary N) is 2. The normalized spacial score (nSPS) is 10.6. The number of rotatable bonds is 7. The minimum atomic E-state index is -0.238. The minimum Gasteiger partial charge on any atom is -0.493 e. The van der Waals surface area contributed by atoms with E-state index in [9.17, 15) is 9.59 Å². The number of anilines is 1. The lowest BCUT2D eigenvalue weighted by molar-refractivity contribution is -0.116. The Morgan fingerprint density at radius 3 is 2.45 bits per heavy atom. The van der Waals surface area contributed by atoms with Crippen LogP contribution in [-0.2, 0) is 11.2 Å². The molecule has 1 aromatic heterocycles. The number of carbonyl (C=O) groups excluding carboxylic acids is 2. The van der Waals surface area contributed by atoms with Crippen molar-refractivity contribution in [3.05, 3.63) is 53.7 Å². The molecule has 29 heavy (non-hydrogen) atoms. The maximum absolute atomic E-state index is 12.6. The molecule has 0 aliphatic heterocycles. The summed E-state index contributed by atoms with van der Waals surface area (Å²) in [5.41, 5.74) is 2.85. The molecule has 7 heteroatoms. The van der Waals surface area contributed by atoms with Gasteiger partial charge in [-0.25, -0.2) is 0 Å². The number of benzene rings is 2. The SMILES string of the molecule is COc1cc(NC(=O)CCc2c[nH]c3ccccc23)c(C(=O)N(C)C)cc1OC. The molecule has 0 bridgehead atoms. The highest BCUT2D eigenvalue weighted by Crippen LogP contribution is 2.34. The summed E-state index contributed by atoms with van der Waals surface area (Å²) >= 11 is 0. The van der Waals surface area contributed by atoms with Crippen molar-refractivity contribution in [2.45, 2.75) is 12.8 Å². The number of hydrogen-bond acceptors (Lipinski definition) is 4. The number of carbonyl (C=O) groups is 2. The molecule has 0 saturated carbocycles. The largest absolute Gasteiger partial charge is 0.493 e. The van der Waals surface area contributed by atoms with E-state index in [2.05, 4.69) is 10.3 Å². The quantitative estimate of drug-likeness (QED) is 0.642. The van der Waals surface area contributed by atoms with E-state index in [-0.39, 0.29) is 18.2 Å². The molecule has 152 valence electrons. The second kappa shape index (κ2) is 8.68. The first-order valence-electron chi connectivity index (χ1n) is 9.27. The van der Waals surface area contributed by atoms with E-state index < -0.39 is 0 Å². The number of aromatic nitrogens is 1. The van der Waals surface area contributed by atoms with Crippen LogP contribution >= 0.6 is 0 Å². The number of fused-ring (bicyclic) bond motifs is 1. The second-order valence-corrected chi connectivity index (χ2v) is 6.86. The lowest BCUT2D eigenvalue weighted by Crippen LogP contribution is -2.24. The van der Waals surface area contributed by atoms with Crippen molar-refractivity contribution < 1.29 is 19.1 Å². The Kier molecular flexibility index (Phi) is 6.07. The van der Waals surface area contributed by atoms with Crippen molar-refractivity contribution in [2.24, 2.45) is 0 Å². The van der Waals surface area contributed by atoms with Gasteiger partial charge in [-0.2, -0.15) is 0 Å². The second-order valence-electron chi connectivity index (χ2n) is 6.86. The molecule has 0 aliphatic carbocycles. The molecule has 0 saturated heterocycles. The van der Waals surface area contributed by atoms with Crippen LogP contribution in [0.15, 0.2) is 42.6 Å². The average Bonchev–Trinajstić information content (AvgIpc) is 3.14. The van der Waals surface area contributed by atoms with Gasteiger partial charge in [-0.05, 0) is 24.1 Å². The van der Waals surface area contributed by atoms with Gasteiger partial charge in [0.25, 0.3) is 5.91 Å². The Balaban J connectivity index is 1.80. The fourth-order valence-corrected chi connectivity index (χ4v) is 3.20. The highest BCUT2D eigenvalue weighted by Gasteiger charge is 2.20. The summed E-state index contributed by atoms with van der Waals surface area (Å²) in [5.74, 6) is 0.442. The highest BCUT2D eigenvalue weighted by molar-refractivity contribution is 6.04. The number of H-pyrrole nitrogens is 1. The third kappa shape index (κ3) is 4.34. The average molecular weight is 395 g/mol. The van der Waals surface area contributed by atoms with Gasteiger partial charge in [0.05, 0.1) is 25.5 Å². The van der Waals surface area contributed by atoms with Crippen molar-refractivity contribution in [2.75, 3.05) is 33.6 Å². The number of ether oxygens (including phenoxy) is 2. The lowest BCUT2D eigenvalue weighted by atomic mass is 10.1. The Labute approximate surface area is 169 Å². The molecule has 0 spiro atoms. The molecule has 3 rings (SSSR count). The van der Waals surface area contributed by atoms with E-state index in [1.54, 1.807) is 26.2 Å². The molecule has 0 radical (unpaired) electrons. The van der Waals surface area contributed by atoms with Gasteiger partial charge in [-0.3, -0.25) is 9.59 Å². The van der Waals surface area contributed by atoms with Crippen LogP contribution in [0.5, 0.6) is 11.5 Å². The Bertz CT molecular complexity index is 1040. The van der Waals surface area contributed by atoms with Gasteiger partial charge in [0.2, 0.25) is 5.91 Å². The zero-order chi connectivity index (χ0) is 21.0. The molecule has 0 unspecified atom stereocenters. The molecule has 2 N–H and O–H groups in total. The molecular weight excluding hydrogens is 370 g/mol. The van der Waals surface area contributed by atoms with Gasteiger partial charge in [0, 0.05) is 43.7 Å². The Hall–Kier alpha value is -3.48. The number of methoxy groups -OCH3 is 2. The zero-order valence-electron chi connectivity index (χ0n) is 17.0. The minimum absolute atomic E-state index is 0.185. The topological polar surface area (TPSA) is 83.7 Å². The van der Waals surface area contributed by atoms with Crippen LogP contribution in [0.4, 0.5) is 5.69 Å². The van der Waals surface area contributed by atoms with Crippen LogP contribution in [0.1, 0.15) is 22.3 Å². The summed E-state index contributed by atoms with van der Waals surface area (Å²) in [6.07, 6.45) is 2.79. The molecule has 3 aromatic rings. The molecule has 1 heterocycles. The number of aryl methyl sites for hydroxylation is 1. The summed E-state index contributed by atoms with van der Waals surface area (Å²) in [6.45, 7) is 0. The van der Waals surface area contributed by atoms with Gasteiger partial charge in [0.1, 0.15) is 0 Å².